The molecule has 4 aromatic rings. The predicted molar refractivity (Wildman–Crippen MR) is 250 cm³/mol. The van der Waals surface area contributed by atoms with Gasteiger partial charge in [-0.3, -0.25) is 4.79 Å². The monoisotopic (exact) mass is 909 g/mol. The van der Waals surface area contributed by atoms with Gasteiger partial charge in [-0.2, -0.15) is 3.74 Å². The number of rotatable bonds is 1. The second kappa shape index (κ2) is 33.0. The minimum absolute atomic E-state index is 0. The fourth-order valence-electron chi connectivity index (χ4n) is 5.90. The number of nitrogens with one attached hydrogen (secondary N) is 2. The van der Waals surface area contributed by atoms with Crippen molar-refractivity contribution in [2.24, 2.45) is 0 Å². The van der Waals surface area contributed by atoms with Crippen molar-refractivity contribution in [3.05, 3.63) is 96.6 Å². The van der Waals surface area contributed by atoms with Crippen LogP contribution < -0.4 is 58.2 Å². The van der Waals surface area contributed by atoms with Crippen molar-refractivity contribution in [3.8, 4) is 23.0 Å². The molecular weight excluding hydrogens is 846 g/mol. The number of likely N-dealkylation sites (N-methyl/N-ethyl adjacent to an activating group) is 2. The van der Waals surface area contributed by atoms with E-state index in [0.717, 1.165) is 100 Å². The van der Waals surface area contributed by atoms with E-state index >= 15 is 0 Å². The Labute approximate surface area is 399 Å². The van der Waals surface area contributed by atoms with Gasteiger partial charge in [-0.1, -0.05) is 49.9 Å². The Morgan fingerprint density at radius 2 is 1.15 bits per heavy atom. The van der Waals surface area contributed by atoms with E-state index in [4.69, 9.17) is 37.2 Å². The Morgan fingerprint density at radius 3 is 1.66 bits per heavy atom. The minimum atomic E-state index is -2.56. The summed E-state index contributed by atoms with van der Waals surface area (Å²) in [7, 11) is 4.18. The van der Waals surface area contributed by atoms with Crippen molar-refractivity contribution in [1.29, 1.82) is 0 Å². The quantitative estimate of drug-likeness (QED) is 0.210. The minimum Gasteiger partial charge on any atom is -1.00 e. The van der Waals surface area contributed by atoms with Crippen molar-refractivity contribution < 1.29 is 66.0 Å². The molecule has 2 N–H and O–H groups in total. The van der Waals surface area contributed by atoms with Crippen molar-refractivity contribution in [3.63, 3.8) is 0 Å². The van der Waals surface area contributed by atoms with Gasteiger partial charge in [0.2, 0.25) is 0 Å². The summed E-state index contributed by atoms with van der Waals surface area (Å²) in [5, 5.41) is 5.93. The summed E-state index contributed by atoms with van der Waals surface area (Å²) >= 11 is 1.67. The summed E-state index contributed by atoms with van der Waals surface area (Å²) < 4.78 is 52.5. The maximum atomic E-state index is 10.8. The molecule has 2 saturated heterocycles. The molecule has 0 saturated carbocycles. The third-order valence-electron chi connectivity index (χ3n) is 8.96. The van der Waals surface area contributed by atoms with E-state index in [1.165, 1.54) is 42.6 Å². The van der Waals surface area contributed by atoms with E-state index in [1.807, 2.05) is 72.8 Å². The second-order valence-electron chi connectivity index (χ2n) is 13.5. The number of fused-ring (bicyclic) bond motifs is 4. The largest absolute Gasteiger partial charge is 1.00 e. The molecule has 18 heteroatoms. The fraction of sp³-hybridized carbons (Fsp3) is 0.432. The Balaban J connectivity index is 0.000000723. The SMILES string of the molecule is C.C1CCOC1.C1CCOC1.CN1CCOc2ccccc21.Cc1ccc2c(c1)N(C)CCO2.O=C1COc2ccccc2N1.O=S([O-])OCl.[AlH3].[H-].[Li+].c1ccc2c(c1)NCCO2. The number of para-hydroxylation sites is 6. The first-order valence-electron chi connectivity index (χ1n) is 19.6. The Kier molecular flexibility index (Phi) is 30.0. The first-order valence-corrected chi connectivity index (χ1v) is 20.9. The standard InChI is InChI=1S/C10H13NO.C9H11NO.C8H7NO2.C8H9NO.2C4H8O.CH4.Al.ClHO3S.Li.4H/c1-8-3-4-10-9(7-8)11(2)5-6-12-10;1-10-6-7-11-9-5-3-2-4-8(9)10;10-8-5-11-7-4-2-1-3-6(7)9-8;1-2-4-8-7(3-1)9-5-6-10-8;2*1-2-4-5-3-1;;;1-4-5(2)3;;;;;/h3-4,7H,5-6H2,1-2H3;2-5H,6-7H2,1H3;1-4H,5H2,(H,9,10);1-4,9H,5-6H2;2*1-4H2;1H4;;(H,2,3);;;;;/q;;;;;;;;;+1;;;;-1/p-1. The number of nitrogens with zero attached hydrogens (tertiary/aromatic N) is 2. The molecule has 6 heterocycles. The molecule has 0 bridgehead atoms. The van der Waals surface area contributed by atoms with Crippen LogP contribution >= 0.6 is 11.9 Å². The van der Waals surface area contributed by atoms with Crippen LogP contribution in [0.3, 0.4) is 0 Å². The van der Waals surface area contributed by atoms with Crippen LogP contribution in [0.2, 0.25) is 0 Å². The maximum absolute atomic E-state index is 10.8. The summed E-state index contributed by atoms with van der Waals surface area (Å²) in [6, 6.07) is 29.7. The van der Waals surface area contributed by atoms with E-state index in [-0.39, 0.29) is 57.6 Å². The molecule has 1 amide bonds. The van der Waals surface area contributed by atoms with Gasteiger partial charge in [-0.25, -0.2) is 4.21 Å². The molecule has 2 fully saturated rings. The molecule has 0 aromatic heterocycles. The predicted octanol–water partition coefficient (Wildman–Crippen LogP) is 3.96. The average molecular weight is 910 g/mol. The number of hydrogen-bond donors (Lipinski definition) is 2. The molecule has 0 radical (unpaired) electrons. The number of aryl methyl sites for hydroxylation is 1. The molecule has 4 aromatic carbocycles. The van der Waals surface area contributed by atoms with Crippen LogP contribution in [0.1, 0.15) is 40.1 Å². The molecule has 14 nitrogen and oxygen atoms in total. The van der Waals surface area contributed by atoms with Gasteiger partial charge < -0.3 is 54.8 Å². The van der Waals surface area contributed by atoms with Crippen LogP contribution in [0.25, 0.3) is 0 Å². The smallest absolute Gasteiger partial charge is 1.00 e. The van der Waals surface area contributed by atoms with E-state index in [2.05, 4.69) is 75.3 Å². The molecule has 1 unspecified atom stereocenters. The number of amides is 1. The zero-order valence-corrected chi connectivity index (χ0v) is 36.6. The van der Waals surface area contributed by atoms with Crippen molar-refractivity contribution in [2.75, 3.05) is 107 Å². The van der Waals surface area contributed by atoms with E-state index in [9.17, 15) is 4.79 Å². The number of anilines is 4. The van der Waals surface area contributed by atoms with Gasteiger partial charge in [-0.05, 0) is 86.7 Å². The molecule has 6 aliphatic rings. The van der Waals surface area contributed by atoms with Crippen molar-refractivity contribution in [1.82, 2.24) is 0 Å². The van der Waals surface area contributed by atoms with Gasteiger partial charge >= 0.3 is 18.9 Å². The van der Waals surface area contributed by atoms with Crippen molar-refractivity contribution in [2.45, 2.75) is 40.0 Å². The number of carbonyl (C=O) groups excluding carboxylic acids is 1. The summed E-state index contributed by atoms with van der Waals surface area (Å²) in [5.74, 6) is 3.63. The van der Waals surface area contributed by atoms with E-state index < -0.39 is 11.4 Å². The zero-order valence-electron chi connectivity index (χ0n) is 36.0. The van der Waals surface area contributed by atoms with Crippen LogP contribution in [-0.4, -0.2) is 119 Å². The topological polar surface area (TPSA) is 152 Å². The first kappa shape index (κ1) is 56.4. The second-order valence-corrected chi connectivity index (χ2v) is 14.4. The van der Waals surface area contributed by atoms with Gasteiger partial charge in [0.05, 0.1) is 47.7 Å². The summed E-state index contributed by atoms with van der Waals surface area (Å²) in [5.41, 5.74) is 5.55. The Morgan fingerprint density at radius 1 is 0.677 bits per heavy atom. The zero-order chi connectivity index (χ0) is 42.1. The van der Waals surface area contributed by atoms with Gasteiger partial charge in [0.25, 0.3) is 5.91 Å². The number of carbonyl (C=O) groups is 1. The van der Waals surface area contributed by atoms with Crippen LogP contribution in [0, 0.1) is 6.92 Å². The molecular formula is C44H64AlClLiN4O10S-. The Hall–Kier alpha value is -3.64. The van der Waals surface area contributed by atoms with Gasteiger partial charge in [-0.15, -0.1) is 0 Å². The van der Waals surface area contributed by atoms with Gasteiger partial charge in [0.1, 0.15) is 54.2 Å². The van der Waals surface area contributed by atoms with E-state index in [0.29, 0.717) is 0 Å². The summed E-state index contributed by atoms with van der Waals surface area (Å²) in [6.45, 7) is 11.5. The molecule has 0 spiro atoms. The molecule has 1 atom stereocenters. The number of ether oxygens (including phenoxy) is 6. The van der Waals surface area contributed by atoms with Crippen LogP contribution in [0.5, 0.6) is 23.0 Å². The van der Waals surface area contributed by atoms with Gasteiger partial charge in [0, 0.05) is 47.1 Å². The molecule has 6 aliphatic heterocycles. The molecule has 62 heavy (non-hydrogen) atoms. The molecule has 338 valence electrons. The third-order valence-corrected chi connectivity index (χ3v) is 9.37. The molecule has 0 aliphatic carbocycles. The number of benzene rings is 4. The van der Waals surface area contributed by atoms with Crippen molar-refractivity contribution >= 4 is 69.2 Å². The first-order chi connectivity index (χ1) is 28.7. The number of hydrogen-bond acceptors (Lipinski definition) is 13. The Bertz CT molecular complexity index is 1820. The third kappa shape index (κ3) is 21.2. The average Bonchev–Trinajstić information content (AvgIpc) is 4.07. The normalized spacial score (nSPS) is 15.8. The maximum Gasteiger partial charge on any atom is 1.00 e. The number of halogens is 1. The van der Waals surface area contributed by atoms with Crippen LogP contribution in [0.15, 0.2) is 91.0 Å². The van der Waals surface area contributed by atoms with E-state index in [1.54, 1.807) is 0 Å². The summed E-state index contributed by atoms with van der Waals surface area (Å²) in [4.78, 5) is 15.2. The fourth-order valence-corrected chi connectivity index (χ4v) is 5.90. The summed E-state index contributed by atoms with van der Waals surface area (Å²) in [6.07, 6.45) is 5.11. The van der Waals surface area contributed by atoms with Crippen LogP contribution in [-0.2, 0) is 29.4 Å². The van der Waals surface area contributed by atoms with Crippen LogP contribution in [0.4, 0.5) is 22.7 Å². The molecule has 10 rings (SSSR count). The van der Waals surface area contributed by atoms with Gasteiger partial charge in [0.15, 0.2) is 24.0 Å².